The zero-order chi connectivity index (χ0) is 8.43. The molecule has 0 aromatic carbocycles. The summed E-state index contributed by atoms with van der Waals surface area (Å²) in [4.78, 5) is 5.66. The van der Waals surface area contributed by atoms with Crippen molar-refractivity contribution in [3.8, 4) is 0 Å². The molecule has 0 bridgehead atoms. The van der Waals surface area contributed by atoms with E-state index in [4.69, 9.17) is 5.73 Å². The molecule has 11 heavy (non-hydrogen) atoms. The molecule has 1 heterocycles. The van der Waals surface area contributed by atoms with Crippen LogP contribution in [0.2, 0.25) is 0 Å². The lowest BCUT2D eigenvalue weighted by atomic mass is 10.2. The van der Waals surface area contributed by atoms with Gasteiger partial charge in [0.15, 0.2) is 0 Å². The molecule has 0 amide bonds. The van der Waals surface area contributed by atoms with Gasteiger partial charge in [0.1, 0.15) is 0 Å². The standard InChI is InChI=1S/C8H14N2S/c1-5(9)4-8-6(2)10-7(3)11-8/h5H,4,9H2,1-3H3. The van der Waals surface area contributed by atoms with Crippen molar-refractivity contribution in [1.29, 1.82) is 0 Å². The maximum Gasteiger partial charge on any atom is 0.0900 e. The highest BCUT2D eigenvalue weighted by Crippen LogP contribution is 2.17. The lowest BCUT2D eigenvalue weighted by molar-refractivity contribution is 0.742. The molecule has 1 atom stereocenters. The Morgan fingerprint density at radius 3 is 2.55 bits per heavy atom. The first-order valence-corrected chi connectivity index (χ1v) is 4.59. The number of hydrogen-bond acceptors (Lipinski definition) is 3. The fourth-order valence-electron chi connectivity index (χ4n) is 1.06. The van der Waals surface area contributed by atoms with Gasteiger partial charge in [0.05, 0.1) is 10.7 Å². The van der Waals surface area contributed by atoms with E-state index in [1.165, 1.54) is 4.88 Å². The highest BCUT2D eigenvalue weighted by Gasteiger charge is 2.05. The van der Waals surface area contributed by atoms with Gasteiger partial charge in [-0.15, -0.1) is 11.3 Å². The third kappa shape index (κ3) is 2.27. The van der Waals surface area contributed by atoms with E-state index >= 15 is 0 Å². The van der Waals surface area contributed by atoms with Crippen molar-refractivity contribution in [2.24, 2.45) is 5.73 Å². The summed E-state index contributed by atoms with van der Waals surface area (Å²) in [5.74, 6) is 0. The van der Waals surface area contributed by atoms with Gasteiger partial charge in [0, 0.05) is 10.9 Å². The number of aromatic nitrogens is 1. The molecule has 0 aliphatic heterocycles. The predicted octanol–water partition coefficient (Wildman–Crippen LogP) is 1.65. The largest absolute Gasteiger partial charge is 0.328 e. The van der Waals surface area contributed by atoms with E-state index in [2.05, 4.69) is 4.98 Å². The Bertz CT molecular complexity index is 240. The molecule has 2 nitrogen and oxygen atoms in total. The van der Waals surface area contributed by atoms with Gasteiger partial charge in [0.2, 0.25) is 0 Å². The second kappa shape index (κ2) is 3.32. The van der Waals surface area contributed by atoms with E-state index in [9.17, 15) is 0 Å². The van der Waals surface area contributed by atoms with Crippen molar-refractivity contribution in [3.63, 3.8) is 0 Å². The summed E-state index contributed by atoms with van der Waals surface area (Å²) in [5, 5.41) is 1.14. The average molecular weight is 170 g/mol. The van der Waals surface area contributed by atoms with Crippen LogP contribution >= 0.6 is 11.3 Å². The molecule has 0 aliphatic rings. The maximum atomic E-state index is 5.68. The van der Waals surface area contributed by atoms with Gasteiger partial charge in [-0.1, -0.05) is 0 Å². The first-order valence-electron chi connectivity index (χ1n) is 3.78. The summed E-state index contributed by atoms with van der Waals surface area (Å²) >= 11 is 1.75. The van der Waals surface area contributed by atoms with Crippen LogP contribution in [0.5, 0.6) is 0 Å². The molecule has 1 unspecified atom stereocenters. The van der Waals surface area contributed by atoms with Crippen LogP contribution in [0.3, 0.4) is 0 Å². The fourth-order valence-corrected chi connectivity index (χ4v) is 2.13. The van der Waals surface area contributed by atoms with E-state index < -0.39 is 0 Å². The lowest BCUT2D eigenvalue weighted by Crippen LogP contribution is -2.17. The van der Waals surface area contributed by atoms with E-state index in [0.717, 1.165) is 17.1 Å². The number of thiazole rings is 1. The van der Waals surface area contributed by atoms with Crippen LogP contribution in [0.1, 0.15) is 22.5 Å². The van der Waals surface area contributed by atoms with Gasteiger partial charge < -0.3 is 5.73 Å². The minimum absolute atomic E-state index is 0.244. The number of rotatable bonds is 2. The van der Waals surface area contributed by atoms with Crippen molar-refractivity contribution < 1.29 is 0 Å². The van der Waals surface area contributed by atoms with Gasteiger partial charge in [0.25, 0.3) is 0 Å². The molecular weight excluding hydrogens is 156 g/mol. The highest BCUT2D eigenvalue weighted by molar-refractivity contribution is 7.11. The van der Waals surface area contributed by atoms with Crippen LogP contribution < -0.4 is 5.73 Å². The van der Waals surface area contributed by atoms with Crippen LogP contribution in [0.25, 0.3) is 0 Å². The maximum absolute atomic E-state index is 5.68. The Kier molecular flexibility index (Phi) is 2.62. The molecule has 62 valence electrons. The van der Waals surface area contributed by atoms with Crippen LogP contribution in [-0.2, 0) is 6.42 Å². The molecular formula is C8H14N2S. The lowest BCUT2D eigenvalue weighted by Gasteiger charge is -2.01. The Labute approximate surface area is 71.5 Å². The molecule has 0 radical (unpaired) electrons. The fraction of sp³-hybridized carbons (Fsp3) is 0.625. The Hall–Kier alpha value is -0.410. The number of aryl methyl sites for hydroxylation is 2. The van der Waals surface area contributed by atoms with Gasteiger partial charge in [-0.05, 0) is 27.2 Å². The van der Waals surface area contributed by atoms with Crippen LogP contribution in [0, 0.1) is 13.8 Å². The van der Waals surface area contributed by atoms with E-state index in [1.54, 1.807) is 11.3 Å². The van der Waals surface area contributed by atoms with Gasteiger partial charge in [-0.2, -0.15) is 0 Å². The summed E-state index contributed by atoms with van der Waals surface area (Å²) in [5.41, 5.74) is 6.82. The third-order valence-electron chi connectivity index (χ3n) is 1.51. The first-order chi connectivity index (χ1) is 5.09. The molecule has 0 spiro atoms. The molecule has 0 saturated carbocycles. The molecule has 3 heteroatoms. The Morgan fingerprint density at radius 2 is 2.18 bits per heavy atom. The van der Waals surface area contributed by atoms with Crippen LogP contribution in [0.4, 0.5) is 0 Å². The number of hydrogen-bond donors (Lipinski definition) is 1. The van der Waals surface area contributed by atoms with E-state index in [1.807, 2.05) is 20.8 Å². The van der Waals surface area contributed by atoms with Crippen molar-refractivity contribution in [3.05, 3.63) is 15.6 Å². The topological polar surface area (TPSA) is 38.9 Å². The SMILES string of the molecule is Cc1nc(C)c(CC(C)N)s1. The minimum Gasteiger partial charge on any atom is -0.328 e. The van der Waals surface area contributed by atoms with E-state index in [-0.39, 0.29) is 6.04 Å². The zero-order valence-electron chi connectivity index (χ0n) is 7.22. The number of nitrogens with two attached hydrogens (primary N) is 1. The van der Waals surface area contributed by atoms with Gasteiger partial charge in [-0.25, -0.2) is 4.98 Å². The van der Waals surface area contributed by atoms with Crippen LogP contribution in [-0.4, -0.2) is 11.0 Å². The Balaban J connectivity index is 2.77. The average Bonchev–Trinajstić information content (AvgIpc) is 2.09. The van der Waals surface area contributed by atoms with E-state index in [0.29, 0.717) is 0 Å². The smallest absolute Gasteiger partial charge is 0.0900 e. The summed E-state index contributed by atoms with van der Waals surface area (Å²) in [6.45, 7) is 6.10. The third-order valence-corrected chi connectivity index (χ3v) is 2.60. The molecule has 0 saturated heterocycles. The summed E-state index contributed by atoms with van der Waals surface area (Å²) < 4.78 is 0. The zero-order valence-corrected chi connectivity index (χ0v) is 8.03. The van der Waals surface area contributed by atoms with Crippen molar-refractivity contribution in [1.82, 2.24) is 4.98 Å². The molecule has 0 fully saturated rings. The predicted molar refractivity (Wildman–Crippen MR) is 48.9 cm³/mol. The van der Waals surface area contributed by atoms with Crippen molar-refractivity contribution in [2.45, 2.75) is 33.2 Å². The summed E-state index contributed by atoms with van der Waals surface area (Å²) in [7, 11) is 0. The monoisotopic (exact) mass is 170 g/mol. The molecule has 1 aromatic heterocycles. The molecule has 2 N–H and O–H groups in total. The summed E-state index contributed by atoms with van der Waals surface area (Å²) in [6, 6.07) is 0.244. The normalized spacial score (nSPS) is 13.5. The quantitative estimate of drug-likeness (QED) is 0.733. The molecule has 0 aliphatic carbocycles. The van der Waals surface area contributed by atoms with Crippen LogP contribution in [0.15, 0.2) is 0 Å². The highest BCUT2D eigenvalue weighted by atomic mass is 32.1. The first kappa shape index (κ1) is 8.68. The minimum atomic E-state index is 0.244. The Morgan fingerprint density at radius 1 is 1.55 bits per heavy atom. The molecule has 1 aromatic rings. The van der Waals surface area contributed by atoms with Gasteiger partial charge in [-0.3, -0.25) is 0 Å². The van der Waals surface area contributed by atoms with Gasteiger partial charge >= 0.3 is 0 Å². The molecule has 1 rings (SSSR count). The summed E-state index contributed by atoms with van der Waals surface area (Å²) in [6.07, 6.45) is 0.956. The van der Waals surface area contributed by atoms with Crippen molar-refractivity contribution in [2.75, 3.05) is 0 Å². The second-order valence-electron chi connectivity index (χ2n) is 2.92. The number of nitrogens with zero attached hydrogens (tertiary/aromatic N) is 1. The van der Waals surface area contributed by atoms with Crippen molar-refractivity contribution >= 4 is 11.3 Å². The second-order valence-corrected chi connectivity index (χ2v) is 4.21.